The van der Waals surface area contributed by atoms with Crippen molar-refractivity contribution in [2.75, 3.05) is 13.1 Å². The molecule has 3 aliphatic rings. The predicted octanol–water partition coefficient (Wildman–Crippen LogP) is 4.19. The van der Waals surface area contributed by atoms with Gasteiger partial charge in [-0.3, -0.25) is 4.79 Å². The van der Waals surface area contributed by atoms with Gasteiger partial charge < -0.3 is 9.80 Å². The Balaban J connectivity index is 1.55. The van der Waals surface area contributed by atoms with Crippen molar-refractivity contribution in [1.29, 1.82) is 5.26 Å². The molecule has 4 nitrogen and oxygen atoms in total. The Hall–Kier alpha value is -1.93. The zero-order chi connectivity index (χ0) is 19.2. The van der Waals surface area contributed by atoms with Crippen LogP contribution in [0.15, 0.2) is 12.1 Å². The summed E-state index contributed by atoms with van der Waals surface area (Å²) in [4.78, 5) is 17.8. The van der Waals surface area contributed by atoms with E-state index in [2.05, 4.69) is 4.90 Å². The van der Waals surface area contributed by atoms with Crippen LogP contribution in [0.5, 0.6) is 0 Å². The minimum absolute atomic E-state index is 0.109. The van der Waals surface area contributed by atoms with Gasteiger partial charge in [-0.15, -0.1) is 0 Å². The summed E-state index contributed by atoms with van der Waals surface area (Å²) in [5.74, 6) is -0.553. The Kier molecular flexibility index (Phi) is 4.71. The summed E-state index contributed by atoms with van der Waals surface area (Å²) in [5.41, 5.74) is 0.625. The highest BCUT2D eigenvalue weighted by molar-refractivity contribution is 6.02. The van der Waals surface area contributed by atoms with E-state index >= 15 is 0 Å². The number of halogens is 1. The molecule has 0 unspecified atom stereocenters. The first kappa shape index (κ1) is 18.4. The standard InChI is InChI=1S/C22H28FN3O/c1-22(2)19-13-16(23)12-15(14-24)20(19)21(27)26(22)18-8-10-25(11-9-18)17-6-4-3-5-7-17/h12-13,17-18H,3-11H2,1-2H3. The SMILES string of the molecule is CC1(C)c2cc(F)cc(C#N)c2C(=O)N1C1CCN(C2CCCCC2)CC1. The van der Waals surface area contributed by atoms with Crippen molar-refractivity contribution in [3.05, 3.63) is 34.6 Å². The highest BCUT2D eigenvalue weighted by atomic mass is 19.1. The highest BCUT2D eigenvalue weighted by Crippen LogP contribution is 2.43. The summed E-state index contributed by atoms with van der Waals surface area (Å²) in [5, 5.41) is 9.40. The second kappa shape index (κ2) is 6.91. The van der Waals surface area contributed by atoms with Crippen LogP contribution in [0, 0.1) is 17.1 Å². The van der Waals surface area contributed by atoms with Gasteiger partial charge in [0.15, 0.2) is 0 Å². The molecule has 1 saturated heterocycles. The third-order valence-corrected chi connectivity index (χ3v) is 6.87. The first-order valence-corrected chi connectivity index (χ1v) is 10.3. The van der Waals surface area contributed by atoms with Crippen LogP contribution in [-0.2, 0) is 5.54 Å². The van der Waals surface area contributed by atoms with Crippen molar-refractivity contribution in [1.82, 2.24) is 9.80 Å². The molecule has 1 saturated carbocycles. The van der Waals surface area contributed by atoms with Crippen LogP contribution in [-0.4, -0.2) is 40.9 Å². The molecular weight excluding hydrogens is 341 g/mol. The molecule has 1 aromatic rings. The lowest BCUT2D eigenvalue weighted by Crippen LogP contribution is -2.53. The van der Waals surface area contributed by atoms with Crippen LogP contribution in [0.2, 0.25) is 0 Å². The number of nitrogens with zero attached hydrogens (tertiary/aromatic N) is 3. The van der Waals surface area contributed by atoms with Gasteiger partial charge >= 0.3 is 0 Å². The average Bonchev–Trinajstić information content (AvgIpc) is 2.87. The van der Waals surface area contributed by atoms with E-state index in [9.17, 15) is 14.4 Å². The zero-order valence-electron chi connectivity index (χ0n) is 16.3. The molecule has 0 N–H and O–H groups in total. The fourth-order valence-corrected chi connectivity index (χ4v) is 5.49. The number of carbonyl (C=O) groups is 1. The molecule has 1 amide bonds. The molecule has 2 aliphatic heterocycles. The lowest BCUT2D eigenvalue weighted by Gasteiger charge is -2.45. The van der Waals surface area contributed by atoms with Gasteiger partial charge in [-0.1, -0.05) is 19.3 Å². The summed E-state index contributed by atoms with van der Waals surface area (Å²) in [6.07, 6.45) is 8.53. The molecule has 5 heteroatoms. The van der Waals surface area contributed by atoms with Crippen molar-refractivity contribution in [3.63, 3.8) is 0 Å². The van der Waals surface area contributed by atoms with Gasteiger partial charge in [0.05, 0.1) is 16.7 Å². The Bertz CT molecular complexity index is 783. The third-order valence-electron chi connectivity index (χ3n) is 6.87. The molecule has 0 spiro atoms. The maximum atomic E-state index is 14.0. The molecule has 1 aromatic carbocycles. The number of likely N-dealkylation sites (tertiary alicyclic amines) is 1. The molecule has 0 atom stereocenters. The summed E-state index contributed by atoms with van der Waals surface area (Å²) >= 11 is 0. The molecule has 27 heavy (non-hydrogen) atoms. The van der Waals surface area contributed by atoms with E-state index in [1.807, 2.05) is 24.8 Å². The monoisotopic (exact) mass is 369 g/mol. The van der Waals surface area contributed by atoms with Crippen LogP contribution in [0.3, 0.4) is 0 Å². The van der Waals surface area contributed by atoms with Crippen molar-refractivity contribution in [3.8, 4) is 6.07 Å². The molecule has 144 valence electrons. The van der Waals surface area contributed by atoms with E-state index in [-0.39, 0.29) is 17.5 Å². The average molecular weight is 369 g/mol. The molecular formula is C22H28FN3O. The van der Waals surface area contributed by atoms with Gasteiger partial charge in [0.2, 0.25) is 0 Å². The highest BCUT2D eigenvalue weighted by Gasteiger charge is 2.48. The first-order valence-electron chi connectivity index (χ1n) is 10.3. The van der Waals surface area contributed by atoms with E-state index in [1.54, 1.807) is 0 Å². The topological polar surface area (TPSA) is 47.3 Å². The fraction of sp³-hybridized carbons (Fsp3) is 0.636. The Morgan fingerprint density at radius 1 is 1.07 bits per heavy atom. The molecule has 2 fully saturated rings. The number of nitriles is 1. The number of carbonyl (C=O) groups excluding carboxylic acids is 1. The van der Waals surface area contributed by atoms with Gasteiger partial charge in [0.1, 0.15) is 11.9 Å². The van der Waals surface area contributed by atoms with E-state index in [0.717, 1.165) is 25.9 Å². The number of fused-ring (bicyclic) bond motifs is 1. The lowest BCUT2D eigenvalue weighted by molar-refractivity contribution is 0.0228. The second-order valence-corrected chi connectivity index (χ2v) is 8.78. The molecule has 2 heterocycles. The Morgan fingerprint density at radius 3 is 2.37 bits per heavy atom. The summed E-state index contributed by atoms with van der Waals surface area (Å²) in [6, 6.07) is 5.49. The number of benzene rings is 1. The minimum atomic E-state index is -0.586. The second-order valence-electron chi connectivity index (χ2n) is 8.78. The summed E-state index contributed by atoms with van der Waals surface area (Å²) in [7, 11) is 0. The maximum Gasteiger partial charge on any atom is 0.256 e. The zero-order valence-corrected chi connectivity index (χ0v) is 16.3. The molecule has 4 rings (SSSR count). The minimum Gasteiger partial charge on any atom is -0.326 e. The summed E-state index contributed by atoms with van der Waals surface area (Å²) in [6.45, 7) is 5.99. The maximum absolute atomic E-state index is 14.0. The number of hydrogen-bond donors (Lipinski definition) is 0. The molecule has 1 aliphatic carbocycles. The Labute approximate surface area is 160 Å². The van der Waals surface area contributed by atoms with Gasteiger partial charge in [-0.05, 0) is 57.2 Å². The van der Waals surface area contributed by atoms with Gasteiger partial charge in [-0.2, -0.15) is 5.26 Å². The number of piperidine rings is 1. The number of hydrogen-bond acceptors (Lipinski definition) is 3. The van der Waals surface area contributed by atoms with Crippen molar-refractivity contribution >= 4 is 5.91 Å². The smallest absolute Gasteiger partial charge is 0.256 e. The van der Waals surface area contributed by atoms with E-state index in [0.29, 0.717) is 17.2 Å². The van der Waals surface area contributed by atoms with E-state index in [4.69, 9.17) is 0 Å². The van der Waals surface area contributed by atoms with Crippen LogP contribution in [0.4, 0.5) is 4.39 Å². The van der Waals surface area contributed by atoms with Gasteiger partial charge in [-0.25, -0.2) is 4.39 Å². The quantitative estimate of drug-likeness (QED) is 0.785. The lowest BCUT2D eigenvalue weighted by atomic mass is 9.89. The van der Waals surface area contributed by atoms with Crippen molar-refractivity contribution in [2.45, 2.75) is 76.4 Å². The van der Waals surface area contributed by atoms with Crippen LogP contribution >= 0.6 is 0 Å². The number of amides is 1. The molecule has 0 radical (unpaired) electrons. The summed E-state index contributed by atoms with van der Waals surface area (Å²) < 4.78 is 14.0. The third kappa shape index (κ3) is 3.04. The normalized spacial score (nSPS) is 24.1. The first-order chi connectivity index (χ1) is 12.9. The van der Waals surface area contributed by atoms with E-state index < -0.39 is 11.4 Å². The number of rotatable bonds is 2. The van der Waals surface area contributed by atoms with E-state index in [1.165, 1.54) is 44.2 Å². The van der Waals surface area contributed by atoms with Crippen LogP contribution < -0.4 is 0 Å². The van der Waals surface area contributed by atoms with Crippen LogP contribution in [0.25, 0.3) is 0 Å². The molecule has 0 bridgehead atoms. The van der Waals surface area contributed by atoms with Gasteiger partial charge in [0.25, 0.3) is 5.91 Å². The van der Waals surface area contributed by atoms with Gasteiger partial charge in [0, 0.05) is 25.2 Å². The van der Waals surface area contributed by atoms with Crippen LogP contribution in [0.1, 0.15) is 80.3 Å². The fourth-order valence-electron chi connectivity index (χ4n) is 5.49. The predicted molar refractivity (Wildman–Crippen MR) is 102 cm³/mol. The molecule has 0 aromatic heterocycles. The van der Waals surface area contributed by atoms with Crippen molar-refractivity contribution < 1.29 is 9.18 Å². The largest absolute Gasteiger partial charge is 0.326 e. The van der Waals surface area contributed by atoms with Crippen molar-refractivity contribution in [2.24, 2.45) is 0 Å². The Morgan fingerprint density at radius 2 is 1.74 bits per heavy atom.